The van der Waals surface area contributed by atoms with Crippen molar-refractivity contribution in [1.29, 1.82) is 0 Å². The molecule has 2 rings (SSSR count). The van der Waals surface area contributed by atoms with Crippen molar-refractivity contribution in [2.45, 2.75) is 13.0 Å². The molecule has 76 valence electrons. The van der Waals surface area contributed by atoms with Crippen LogP contribution in [-0.2, 0) is 0 Å². The first-order valence-corrected chi connectivity index (χ1v) is 4.68. The van der Waals surface area contributed by atoms with Gasteiger partial charge in [-0.3, -0.25) is 4.79 Å². The number of nitrogens with zero attached hydrogens (tertiary/aromatic N) is 1. The summed E-state index contributed by atoms with van der Waals surface area (Å²) in [5, 5.41) is 9.54. The van der Waals surface area contributed by atoms with Crippen LogP contribution in [0.1, 0.15) is 17.5 Å². The molecule has 14 heavy (non-hydrogen) atoms. The number of aldehydes is 1. The second-order valence-corrected chi connectivity index (χ2v) is 3.74. The Hall–Kier alpha value is -1.29. The van der Waals surface area contributed by atoms with Crippen molar-refractivity contribution in [2.24, 2.45) is 5.92 Å². The fourth-order valence-corrected chi connectivity index (χ4v) is 1.71. The van der Waals surface area contributed by atoms with Crippen LogP contribution in [0.3, 0.4) is 0 Å². The molecule has 1 fully saturated rings. The summed E-state index contributed by atoms with van der Waals surface area (Å²) in [4.78, 5) is 12.3. The second kappa shape index (κ2) is 3.46. The van der Waals surface area contributed by atoms with Gasteiger partial charge >= 0.3 is 0 Å². The Morgan fingerprint density at radius 2 is 2.36 bits per heavy atom. The zero-order valence-electron chi connectivity index (χ0n) is 8.01. The summed E-state index contributed by atoms with van der Waals surface area (Å²) in [6, 6.07) is 3.40. The van der Waals surface area contributed by atoms with Gasteiger partial charge in [0, 0.05) is 25.1 Å². The van der Waals surface area contributed by atoms with Gasteiger partial charge in [-0.2, -0.15) is 0 Å². The summed E-state index contributed by atoms with van der Waals surface area (Å²) in [7, 11) is 0. The molecular formula is C10H13NO3. The summed E-state index contributed by atoms with van der Waals surface area (Å²) in [5.74, 6) is 1.24. The first kappa shape index (κ1) is 9.27. The molecule has 4 nitrogen and oxygen atoms in total. The Kier molecular flexibility index (Phi) is 2.29. The molecule has 1 saturated heterocycles. The SMILES string of the molecule is CC1CN(c2ccc(C=O)o2)CC1O. The largest absolute Gasteiger partial charge is 0.438 e. The van der Waals surface area contributed by atoms with Crippen molar-refractivity contribution in [1.82, 2.24) is 0 Å². The fraction of sp³-hybridized carbons (Fsp3) is 0.500. The highest BCUT2D eigenvalue weighted by atomic mass is 16.4. The lowest BCUT2D eigenvalue weighted by molar-refractivity contribution is 0.110. The summed E-state index contributed by atoms with van der Waals surface area (Å²) >= 11 is 0. The molecule has 0 amide bonds. The van der Waals surface area contributed by atoms with E-state index in [1.807, 2.05) is 11.8 Å². The monoisotopic (exact) mass is 195 g/mol. The minimum Gasteiger partial charge on any atom is -0.438 e. The average molecular weight is 195 g/mol. The Morgan fingerprint density at radius 1 is 1.57 bits per heavy atom. The summed E-state index contributed by atoms with van der Waals surface area (Å²) < 4.78 is 5.26. The quantitative estimate of drug-likeness (QED) is 0.712. The van der Waals surface area contributed by atoms with Crippen LogP contribution < -0.4 is 4.90 Å². The van der Waals surface area contributed by atoms with Crippen molar-refractivity contribution < 1.29 is 14.3 Å². The maximum Gasteiger partial charge on any atom is 0.196 e. The molecular weight excluding hydrogens is 182 g/mol. The number of aliphatic hydroxyl groups excluding tert-OH is 1. The van der Waals surface area contributed by atoms with Gasteiger partial charge in [-0.25, -0.2) is 0 Å². The summed E-state index contributed by atoms with van der Waals surface area (Å²) in [5.41, 5.74) is 0. The number of hydrogen-bond acceptors (Lipinski definition) is 4. The van der Waals surface area contributed by atoms with Crippen molar-refractivity contribution in [3.63, 3.8) is 0 Å². The lowest BCUT2D eigenvalue weighted by Crippen LogP contribution is -2.20. The van der Waals surface area contributed by atoms with Crippen LogP contribution in [-0.4, -0.2) is 30.6 Å². The predicted molar refractivity (Wildman–Crippen MR) is 51.5 cm³/mol. The van der Waals surface area contributed by atoms with Gasteiger partial charge in [0.1, 0.15) is 0 Å². The third-order valence-electron chi connectivity index (χ3n) is 2.61. The van der Waals surface area contributed by atoms with Gasteiger partial charge in [0.25, 0.3) is 0 Å². The molecule has 2 heterocycles. The first-order valence-electron chi connectivity index (χ1n) is 4.68. The van der Waals surface area contributed by atoms with E-state index in [9.17, 15) is 9.90 Å². The third-order valence-corrected chi connectivity index (χ3v) is 2.61. The number of furan rings is 1. The van der Waals surface area contributed by atoms with E-state index in [-0.39, 0.29) is 12.0 Å². The van der Waals surface area contributed by atoms with Crippen LogP contribution in [0.2, 0.25) is 0 Å². The molecule has 0 aliphatic carbocycles. The van der Waals surface area contributed by atoms with Crippen LogP contribution >= 0.6 is 0 Å². The van der Waals surface area contributed by atoms with Crippen molar-refractivity contribution >= 4 is 12.2 Å². The molecule has 1 aliphatic rings. The lowest BCUT2D eigenvalue weighted by atomic mass is 10.1. The Balaban J connectivity index is 2.12. The molecule has 4 heteroatoms. The van der Waals surface area contributed by atoms with E-state index in [0.717, 1.165) is 6.54 Å². The molecule has 0 bridgehead atoms. The fourth-order valence-electron chi connectivity index (χ4n) is 1.71. The number of hydrogen-bond donors (Lipinski definition) is 1. The minimum absolute atomic E-state index is 0.250. The molecule has 0 saturated carbocycles. The smallest absolute Gasteiger partial charge is 0.196 e. The van der Waals surface area contributed by atoms with Crippen LogP contribution in [0.5, 0.6) is 0 Å². The second-order valence-electron chi connectivity index (χ2n) is 3.74. The molecule has 2 atom stereocenters. The van der Waals surface area contributed by atoms with Gasteiger partial charge in [-0.1, -0.05) is 6.92 Å². The predicted octanol–water partition coefficient (Wildman–Crippen LogP) is 0.909. The van der Waals surface area contributed by atoms with Crippen LogP contribution in [0, 0.1) is 5.92 Å². The highest BCUT2D eigenvalue weighted by Crippen LogP contribution is 2.25. The number of rotatable bonds is 2. The number of anilines is 1. The van der Waals surface area contributed by atoms with E-state index in [4.69, 9.17) is 4.42 Å². The van der Waals surface area contributed by atoms with Gasteiger partial charge < -0.3 is 14.4 Å². The zero-order valence-corrected chi connectivity index (χ0v) is 8.01. The summed E-state index contributed by atoms with van der Waals surface area (Å²) in [6.07, 6.45) is 0.374. The van der Waals surface area contributed by atoms with E-state index >= 15 is 0 Å². The van der Waals surface area contributed by atoms with Gasteiger partial charge in [-0.15, -0.1) is 0 Å². The molecule has 1 aromatic heterocycles. The average Bonchev–Trinajstić information content (AvgIpc) is 2.74. The number of β-amino-alcohol motifs (C(OH)–C–C–N with tert-alkyl or cyclic N) is 1. The van der Waals surface area contributed by atoms with Crippen molar-refractivity contribution in [3.8, 4) is 0 Å². The van der Waals surface area contributed by atoms with E-state index < -0.39 is 0 Å². The van der Waals surface area contributed by atoms with E-state index in [0.29, 0.717) is 24.5 Å². The molecule has 0 radical (unpaired) electrons. The molecule has 1 N–H and O–H groups in total. The standard InChI is InChI=1S/C10H13NO3/c1-7-4-11(5-9(7)13)10-3-2-8(6-12)14-10/h2-3,6-7,9,13H,4-5H2,1H3. The molecule has 0 spiro atoms. The first-order chi connectivity index (χ1) is 6.70. The molecule has 0 aromatic carbocycles. The van der Waals surface area contributed by atoms with Crippen molar-refractivity contribution in [3.05, 3.63) is 17.9 Å². The highest BCUT2D eigenvalue weighted by Gasteiger charge is 2.29. The zero-order chi connectivity index (χ0) is 10.1. The topological polar surface area (TPSA) is 53.7 Å². The Morgan fingerprint density at radius 3 is 2.86 bits per heavy atom. The van der Waals surface area contributed by atoms with E-state index in [1.54, 1.807) is 12.1 Å². The van der Waals surface area contributed by atoms with E-state index in [2.05, 4.69) is 0 Å². The molecule has 1 aromatic rings. The van der Waals surface area contributed by atoms with Gasteiger partial charge in [0.2, 0.25) is 0 Å². The maximum atomic E-state index is 10.4. The highest BCUT2D eigenvalue weighted by molar-refractivity contribution is 5.71. The number of carbonyl (C=O) groups is 1. The van der Waals surface area contributed by atoms with Crippen molar-refractivity contribution in [2.75, 3.05) is 18.0 Å². The Bertz CT molecular complexity index is 324. The van der Waals surface area contributed by atoms with Crippen LogP contribution in [0.15, 0.2) is 16.5 Å². The number of carbonyl (C=O) groups excluding carboxylic acids is 1. The lowest BCUT2D eigenvalue weighted by Gasteiger charge is -2.13. The number of aliphatic hydroxyl groups is 1. The molecule has 1 aliphatic heterocycles. The maximum absolute atomic E-state index is 10.4. The van der Waals surface area contributed by atoms with Gasteiger partial charge in [0.15, 0.2) is 17.9 Å². The summed E-state index contributed by atoms with van der Waals surface area (Å²) in [6.45, 7) is 3.34. The van der Waals surface area contributed by atoms with E-state index in [1.165, 1.54) is 0 Å². The Labute approximate surface area is 82.1 Å². The normalized spacial score (nSPS) is 26.9. The minimum atomic E-state index is -0.306. The van der Waals surface area contributed by atoms with Gasteiger partial charge in [0.05, 0.1) is 6.10 Å². The van der Waals surface area contributed by atoms with Gasteiger partial charge in [-0.05, 0) is 6.07 Å². The third kappa shape index (κ3) is 1.53. The molecule has 2 unspecified atom stereocenters. The van der Waals surface area contributed by atoms with Crippen LogP contribution in [0.4, 0.5) is 5.88 Å². The van der Waals surface area contributed by atoms with Crippen LogP contribution in [0.25, 0.3) is 0 Å².